The molecule has 15 heteroatoms. The summed E-state index contributed by atoms with van der Waals surface area (Å²) in [6.45, 7) is 9.10. The molecule has 13 nitrogen and oxygen atoms in total. The zero-order valence-electron chi connectivity index (χ0n) is 35.6. The van der Waals surface area contributed by atoms with Crippen molar-refractivity contribution in [2.45, 2.75) is 70.1 Å². The van der Waals surface area contributed by atoms with Gasteiger partial charge in [0, 0.05) is 80.7 Å². The molecular formula is C48H52ClN7O6S. The van der Waals surface area contributed by atoms with Gasteiger partial charge in [-0.3, -0.25) is 24.8 Å². The number of hydrogen-bond acceptors (Lipinski definition) is 11. The highest BCUT2D eigenvalue weighted by atomic mass is 35.5. The minimum Gasteiger partial charge on any atom is -0.454 e. The number of hydrogen-bond donors (Lipinski definition) is 2. The third-order valence-corrected chi connectivity index (χ3v) is 14.5. The van der Waals surface area contributed by atoms with E-state index in [9.17, 15) is 28.6 Å². The lowest BCUT2D eigenvalue weighted by atomic mass is 9.72. The lowest BCUT2D eigenvalue weighted by molar-refractivity contribution is -0.384. The van der Waals surface area contributed by atoms with Gasteiger partial charge >= 0.3 is 0 Å². The maximum atomic E-state index is 14.0. The number of nitro benzene ring substituents is 1. The van der Waals surface area contributed by atoms with Crippen LogP contribution >= 0.6 is 11.6 Å². The standard InChI is InChI=1S/C48H52ClN7O6S/c1-48(2)20-18-36(41(28-48)34-10-12-37(49)13-11-34)31-54-22-24-55(25-23-54)38-14-16-40(45(26-38)62-44-5-3-4-35-19-21-51-46(35)44)47(57)53-63(60,61)39-15-17-42(43(27-39)56(58)59)52-30-33-8-6-32(29-50)7-9-33/h3-5,10-17,21,26-27,32-33,52H,6-9,18-20,22-25,28,30-31H2,1-2H3,(H,53,57). The Kier molecular flexibility index (Phi) is 12.9. The molecule has 0 spiro atoms. The maximum absolute atomic E-state index is 14.0. The van der Waals surface area contributed by atoms with Crippen molar-refractivity contribution < 1.29 is 22.9 Å². The molecule has 1 saturated carbocycles. The molecule has 2 fully saturated rings. The Morgan fingerprint density at radius 2 is 1.76 bits per heavy atom. The van der Waals surface area contributed by atoms with Crippen molar-refractivity contribution in [1.82, 2.24) is 9.62 Å². The molecule has 2 N–H and O–H groups in total. The molecule has 0 radical (unpaired) electrons. The number of para-hydroxylation sites is 1. The molecule has 63 heavy (non-hydrogen) atoms. The van der Waals surface area contributed by atoms with Gasteiger partial charge in [0.05, 0.1) is 21.5 Å². The zero-order chi connectivity index (χ0) is 44.3. The number of fused-ring (bicyclic) bond motifs is 1. The molecule has 2 aliphatic carbocycles. The summed E-state index contributed by atoms with van der Waals surface area (Å²) >= 11 is 6.24. The third-order valence-electron chi connectivity index (χ3n) is 12.9. The number of halogens is 1. The van der Waals surface area contributed by atoms with Gasteiger partial charge in [0.15, 0.2) is 5.75 Å². The number of carbonyl (C=O) groups is 1. The summed E-state index contributed by atoms with van der Waals surface area (Å²) in [5, 5.41) is 25.2. The predicted octanol–water partition coefficient (Wildman–Crippen LogP) is 9.95. The normalized spacial score (nSPS) is 19.9. The molecule has 0 aromatic heterocycles. The highest BCUT2D eigenvalue weighted by Crippen LogP contribution is 2.44. The quantitative estimate of drug-likeness (QED) is 0.0973. The average Bonchev–Trinajstić information content (AvgIpc) is 3.77. The summed E-state index contributed by atoms with van der Waals surface area (Å²) in [5.74, 6) is -0.104. The van der Waals surface area contributed by atoms with Crippen LogP contribution in [0.15, 0.2) is 94.3 Å². The Morgan fingerprint density at radius 1 is 1.00 bits per heavy atom. The van der Waals surface area contributed by atoms with E-state index in [1.165, 1.54) is 28.8 Å². The Balaban J connectivity index is 0.996. The lowest BCUT2D eigenvalue weighted by Crippen LogP contribution is -2.47. The van der Waals surface area contributed by atoms with Crippen LogP contribution in [0, 0.1) is 38.7 Å². The topological polar surface area (TPSA) is 170 Å². The SMILES string of the molecule is CC1(C)CCC(CN2CCN(c3ccc(C(=O)NS(=O)(=O)c4ccc(NCC5CCC(C#N)CC5)c([N+](=O)[O-])c4)c(Oc4cccc5c4N=CC5)c3)CC2)=C(c2ccc(Cl)cc2)C1. The van der Waals surface area contributed by atoms with E-state index >= 15 is 0 Å². The number of nitriles is 1. The molecule has 0 atom stereocenters. The highest BCUT2D eigenvalue weighted by Gasteiger charge is 2.31. The van der Waals surface area contributed by atoms with E-state index in [-0.39, 0.29) is 34.3 Å². The zero-order valence-corrected chi connectivity index (χ0v) is 37.2. The number of amides is 1. The van der Waals surface area contributed by atoms with Gasteiger partial charge in [-0.05, 0) is 115 Å². The van der Waals surface area contributed by atoms with E-state index in [4.69, 9.17) is 16.3 Å². The molecule has 2 aliphatic heterocycles. The average molecular weight is 891 g/mol. The molecule has 1 saturated heterocycles. The van der Waals surface area contributed by atoms with Crippen molar-refractivity contribution in [2.75, 3.05) is 49.5 Å². The van der Waals surface area contributed by atoms with E-state index in [1.807, 2.05) is 24.3 Å². The van der Waals surface area contributed by atoms with Gasteiger partial charge in [0.25, 0.3) is 21.6 Å². The third kappa shape index (κ3) is 10.2. The van der Waals surface area contributed by atoms with E-state index in [0.29, 0.717) is 24.4 Å². The summed E-state index contributed by atoms with van der Waals surface area (Å²) in [4.78, 5) is 34.3. The first-order chi connectivity index (χ1) is 30.2. The van der Waals surface area contributed by atoms with Crippen molar-refractivity contribution in [2.24, 2.45) is 22.2 Å². The number of sulfonamides is 1. The van der Waals surface area contributed by atoms with Crippen molar-refractivity contribution in [3.8, 4) is 17.6 Å². The van der Waals surface area contributed by atoms with E-state index < -0.39 is 31.4 Å². The molecular weight excluding hydrogens is 838 g/mol. The minimum atomic E-state index is -4.57. The van der Waals surface area contributed by atoms with Crippen LogP contribution in [0.1, 0.15) is 80.3 Å². The molecule has 2 heterocycles. The number of piperazine rings is 1. The summed E-state index contributed by atoms with van der Waals surface area (Å²) in [7, 11) is -4.57. The second-order valence-corrected chi connectivity index (χ2v) is 20.0. The number of rotatable bonds is 13. The summed E-state index contributed by atoms with van der Waals surface area (Å²) in [6, 6.07) is 24.7. The molecule has 0 bridgehead atoms. The maximum Gasteiger partial charge on any atom is 0.293 e. The largest absolute Gasteiger partial charge is 0.454 e. The smallest absolute Gasteiger partial charge is 0.293 e. The van der Waals surface area contributed by atoms with Crippen LogP contribution in [0.3, 0.4) is 0 Å². The van der Waals surface area contributed by atoms with Crippen molar-refractivity contribution >= 4 is 62.1 Å². The number of ether oxygens (including phenoxy) is 1. The second kappa shape index (κ2) is 18.5. The van der Waals surface area contributed by atoms with Gasteiger partial charge in [0.1, 0.15) is 17.1 Å². The Hall–Kier alpha value is -5.75. The molecule has 8 rings (SSSR count). The number of benzene rings is 4. The molecule has 4 aromatic carbocycles. The molecule has 328 valence electrons. The van der Waals surface area contributed by atoms with Crippen molar-refractivity contribution in [1.29, 1.82) is 5.26 Å². The first kappa shape index (κ1) is 43.9. The minimum absolute atomic E-state index is 0.0265. The number of nitro groups is 1. The van der Waals surface area contributed by atoms with E-state index in [2.05, 4.69) is 56.9 Å². The van der Waals surface area contributed by atoms with Crippen LogP contribution in [-0.4, -0.2) is 69.6 Å². The Morgan fingerprint density at radius 3 is 2.49 bits per heavy atom. The second-order valence-electron chi connectivity index (χ2n) is 17.9. The van der Waals surface area contributed by atoms with Crippen LogP contribution < -0.4 is 19.7 Å². The number of nitrogens with zero attached hydrogens (tertiary/aromatic N) is 5. The first-order valence-electron chi connectivity index (χ1n) is 21.6. The fraction of sp³-hybridized carbons (Fsp3) is 0.396. The van der Waals surface area contributed by atoms with Crippen LogP contribution in [-0.2, 0) is 16.4 Å². The fourth-order valence-corrected chi connectivity index (χ4v) is 10.3. The number of nitrogens with one attached hydrogen (secondary N) is 2. The number of aliphatic imine (C=N–C) groups is 1. The van der Waals surface area contributed by atoms with E-state index in [0.717, 1.165) is 100 Å². The Labute approximate surface area is 374 Å². The van der Waals surface area contributed by atoms with Gasteiger partial charge < -0.3 is 15.0 Å². The highest BCUT2D eigenvalue weighted by molar-refractivity contribution is 7.90. The molecule has 1 amide bonds. The fourth-order valence-electron chi connectivity index (χ4n) is 9.16. The van der Waals surface area contributed by atoms with Gasteiger partial charge in [0.2, 0.25) is 0 Å². The van der Waals surface area contributed by atoms with Gasteiger partial charge in [-0.1, -0.05) is 55.3 Å². The van der Waals surface area contributed by atoms with Crippen molar-refractivity contribution in [3.63, 3.8) is 0 Å². The number of allylic oxidation sites excluding steroid dienone is 1. The lowest BCUT2D eigenvalue weighted by Gasteiger charge is -2.39. The number of anilines is 2. The van der Waals surface area contributed by atoms with Gasteiger partial charge in [-0.2, -0.15) is 5.26 Å². The van der Waals surface area contributed by atoms with Crippen molar-refractivity contribution in [3.05, 3.63) is 116 Å². The van der Waals surface area contributed by atoms with E-state index in [1.54, 1.807) is 30.5 Å². The molecule has 0 unspecified atom stereocenters. The first-order valence-corrected chi connectivity index (χ1v) is 23.5. The predicted molar refractivity (Wildman–Crippen MR) is 247 cm³/mol. The van der Waals surface area contributed by atoms with Crippen LogP contribution in [0.5, 0.6) is 11.5 Å². The summed E-state index contributed by atoms with van der Waals surface area (Å²) in [5.41, 5.74) is 6.49. The monoisotopic (exact) mass is 889 g/mol. The summed E-state index contributed by atoms with van der Waals surface area (Å²) < 4.78 is 36.1. The van der Waals surface area contributed by atoms with Crippen LogP contribution in [0.4, 0.5) is 22.7 Å². The molecule has 4 aromatic rings. The van der Waals surface area contributed by atoms with Crippen LogP contribution in [0.25, 0.3) is 5.57 Å². The van der Waals surface area contributed by atoms with Gasteiger partial charge in [-0.15, -0.1) is 0 Å². The molecule has 4 aliphatic rings. The summed E-state index contributed by atoms with van der Waals surface area (Å²) in [6.07, 6.45) is 8.83. The Bertz CT molecular complexity index is 2610. The van der Waals surface area contributed by atoms with Crippen LogP contribution in [0.2, 0.25) is 5.02 Å². The van der Waals surface area contributed by atoms with Gasteiger partial charge in [-0.25, -0.2) is 13.1 Å². The number of carbonyl (C=O) groups excluding carboxylic acids is 1.